The summed E-state index contributed by atoms with van der Waals surface area (Å²) in [6.45, 7) is 1.94. The predicted molar refractivity (Wildman–Crippen MR) is 88.7 cm³/mol. The van der Waals surface area contributed by atoms with E-state index in [9.17, 15) is 14.4 Å². The number of amides is 1. The van der Waals surface area contributed by atoms with Crippen molar-refractivity contribution in [3.8, 4) is 0 Å². The molecule has 0 aliphatic carbocycles. The lowest BCUT2D eigenvalue weighted by molar-refractivity contribution is -0.115. The van der Waals surface area contributed by atoms with E-state index in [4.69, 9.17) is 0 Å². The first-order valence-electron chi connectivity index (χ1n) is 7.14. The number of anilines is 1. The second-order valence-electron chi connectivity index (χ2n) is 5.29. The summed E-state index contributed by atoms with van der Waals surface area (Å²) < 4.78 is 0. The maximum atomic E-state index is 12.3. The molecule has 23 heavy (non-hydrogen) atoms. The lowest BCUT2D eigenvalue weighted by atomic mass is 10.1. The third-order valence-electron chi connectivity index (χ3n) is 3.71. The van der Waals surface area contributed by atoms with Crippen LogP contribution in [0.2, 0.25) is 0 Å². The first-order chi connectivity index (χ1) is 11.1. The Bertz CT molecular complexity index is 1000. The van der Waals surface area contributed by atoms with Crippen molar-refractivity contribution in [1.82, 2.24) is 10.2 Å². The van der Waals surface area contributed by atoms with E-state index in [2.05, 4.69) is 15.5 Å². The van der Waals surface area contributed by atoms with E-state index in [-0.39, 0.29) is 23.1 Å². The zero-order chi connectivity index (χ0) is 16.4. The monoisotopic (exact) mass is 309 g/mol. The van der Waals surface area contributed by atoms with Gasteiger partial charge in [-0.3, -0.25) is 24.6 Å². The number of rotatable bonds is 3. The molecule has 3 rings (SSSR count). The Hall–Kier alpha value is -3.15. The van der Waals surface area contributed by atoms with Crippen molar-refractivity contribution in [1.29, 1.82) is 0 Å². The van der Waals surface area contributed by atoms with Crippen LogP contribution in [0.15, 0.2) is 52.1 Å². The number of hydrogen-bond acceptors (Lipinski definition) is 3. The molecular formula is C17H15N3O3. The maximum Gasteiger partial charge on any atom is 0.272 e. The Morgan fingerprint density at radius 1 is 1.00 bits per heavy atom. The summed E-state index contributed by atoms with van der Waals surface area (Å²) in [5, 5.41) is 7.67. The van der Waals surface area contributed by atoms with E-state index in [0.717, 1.165) is 11.1 Å². The molecule has 116 valence electrons. The molecule has 6 nitrogen and oxygen atoms in total. The van der Waals surface area contributed by atoms with Gasteiger partial charge in [-0.2, -0.15) is 0 Å². The predicted octanol–water partition coefficient (Wildman–Crippen LogP) is 1.71. The maximum absolute atomic E-state index is 12.3. The van der Waals surface area contributed by atoms with Crippen molar-refractivity contribution in [2.24, 2.45) is 0 Å². The number of aryl methyl sites for hydroxylation is 1. The minimum absolute atomic E-state index is 0.175. The van der Waals surface area contributed by atoms with Crippen molar-refractivity contribution >= 4 is 22.4 Å². The highest BCUT2D eigenvalue weighted by molar-refractivity contribution is 6.02. The topological polar surface area (TPSA) is 94.8 Å². The van der Waals surface area contributed by atoms with Gasteiger partial charge in [-0.25, -0.2) is 0 Å². The van der Waals surface area contributed by atoms with Gasteiger partial charge in [0.2, 0.25) is 5.91 Å². The summed E-state index contributed by atoms with van der Waals surface area (Å²) in [5.74, 6) is -0.244. The van der Waals surface area contributed by atoms with Gasteiger partial charge in [-0.1, -0.05) is 30.3 Å². The van der Waals surface area contributed by atoms with Gasteiger partial charge in [0.1, 0.15) is 0 Å². The first kappa shape index (κ1) is 14.8. The van der Waals surface area contributed by atoms with Crippen LogP contribution in [0.25, 0.3) is 10.8 Å². The van der Waals surface area contributed by atoms with Gasteiger partial charge in [0.05, 0.1) is 22.9 Å². The molecule has 0 radical (unpaired) electrons. The molecule has 0 unspecified atom stereocenters. The molecule has 2 aromatic carbocycles. The molecule has 0 fully saturated rings. The van der Waals surface area contributed by atoms with Crippen molar-refractivity contribution in [2.45, 2.75) is 13.3 Å². The number of carbonyl (C=O) groups excluding carboxylic acids is 1. The molecule has 0 aliphatic heterocycles. The zero-order valence-corrected chi connectivity index (χ0v) is 12.5. The molecule has 0 saturated heterocycles. The normalized spacial score (nSPS) is 10.7. The average Bonchev–Trinajstić information content (AvgIpc) is 2.53. The smallest absolute Gasteiger partial charge is 0.272 e. The molecule has 1 aromatic heterocycles. The SMILES string of the molecule is Cc1ccccc1CC(=O)Nc1cccc2c(=O)[nH][nH]c(=O)c12. The lowest BCUT2D eigenvalue weighted by Crippen LogP contribution is -2.22. The third kappa shape index (κ3) is 2.91. The molecule has 0 atom stereocenters. The van der Waals surface area contributed by atoms with Gasteiger partial charge >= 0.3 is 0 Å². The molecule has 3 N–H and O–H groups in total. The van der Waals surface area contributed by atoms with E-state index in [1.807, 2.05) is 31.2 Å². The Labute approximate surface area is 131 Å². The molecule has 0 spiro atoms. The molecule has 1 heterocycles. The van der Waals surface area contributed by atoms with E-state index in [0.29, 0.717) is 5.69 Å². The van der Waals surface area contributed by atoms with Gasteiger partial charge in [0.25, 0.3) is 11.1 Å². The standard InChI is InChI=1S/C17H15N3O3/c1-10-5-2-3-6-11(10)9-14(21)18-13-8-4-7-12-15(13)17(23)20-19-16(12)22/h2-8H,9H2,1H3,(H,18,21)(H,19,22)(H,20,23). The minimum Gasteiger partial charge on any atom is -0.325 e. The molecule has 1 amide bonds. The highest BCUT2D eigenvalue weighted by atomic mass is 16.2. The molecule has 0 aliphatic rings. The Kier molecular flexibility index (Phi) is 3.80. The van der Waals surface area contributed by atoms with Crippen LogP contribution in [0, 0.1) is 6.92 Å². The van der Waals surface area contributed by atoms with E-state index in [1.54, 1.807) is 18.2 Å². The van der Waals surface area contributed by atoms with Crippen LogP contribution >= 0.6 is 0 Å². The van der Waals surface area contributed by atoms with Crippen LogP contribution < -0.4 is 16.4 Å². The van der Waals surface area contributed by atoms with Crippen LogP contribution in [-0.2, 0) is 11.2 Å². The van der Waals surface area contributed by atoms with Crippen molar-refractivity contribution in [2.75, 3.05) is 5.32 Å². The van der Waals surface area contributed by atoms with Gasteiger partial charge in [0, 0.05) is 0 Å². The number of aromatic amines is 2. The van der Waals surface area contributed by atoms with Gasteiger partial charge in [-0.05, 0) is 30.2 Å². The first-order valence-corrected chi connectivity index (χ1v) is 7.14. The second kappa shape index (κ2) is 5.92. The van der Waals surface area contributed by atoms with Gasteiger partial charge < -0.3 is 5.32 Å². The Balaban J connectivity index is 1.95. The third-order valence-corrected chi connectivity index (χ3v) is 3.71. The number of aromatic nitrogens is 2. The van der Waals surface area contributed by atoms with Crippen LogP contribution in [0.3, 0.4) is 0 Å². The summed E-state index contributed by atoms with van der Waals surface area (Å²) in [7, 11) is 0. The number of benzene rings is 2. The van der Waals surface area contributed by atoms with E-state index < -0.39 is 11.1 Å². The number of fused-ring (bicyclic) bond motifs is 1. The van der Waals surface area contributed by atoms with Crippen LogP contribution in [0.4, 0.5) is 5.69 Å². The fraction of sp³-hybridized carbons (Fsp3) is 0.118. The highest BCUT2D eigenvalue weighted by Crippen LogP contribution is 2.17. The Morgan fingerprint density at radius 2 is 1.74 bits per heavy atom. The van der Waals surface area contributed by atoms with Crippen molar-refractivity contribution in [3.63, 3.8) is 0 Å². The van der Waals surface area contributed by atoms with Gasteiger partial charge in [0.15, 0.2) is 0 Å². The van der Waals surface area contributed by atoms with Gasteiger partial charge in [-0.15, -0.1) is 0 Å². The molecule has 6 heteroatoms. The largest absolute Gasteiger partial charge is 0.325 e. The Morgan fingerprint density at radius 3 is 2.52 bits per heavy atom. The van der Waals surface area contributed by atoms with Crippen molar-refractivity contribution < 1.29 is 4.79 Å². The number of hydrogen-bond donors (Lipinski definition) is 3. The summed E-state index contributed by atoms with van der Waals surface area (Å²) in [6, 6.07) is 12.4. The van der Waals surface area contributed by atoms with E-state index >= 15 is 0 Å². The molecular weight excluding hydrogens is 294 g/mol. The molecule has 0 saturated carbocycles. The van der Waals surface area contributed by atoms with E-state index in [1.165, 1.54) is 0 Å². The quantitative estimate of drug-likeness (QED) is 0.687. The minimum atomic E-state index is -0.452. The van der Waals surface area contributed by atoms with Crippen LogP contribution in [-0.4, -0.2) is 16.1 Å². The summed E-state index contributed by atoms with van der Waals surface area (Å²) in [5.41, 5.74) is 1.40. The fourth-order valence-electron chi connectivity index (χ4n) is 2.51. The number of nitrogens with one attached hydrogen (secondary N) is 3. The summed E-state index contributed by atoms with van der Waals surface area (Å²) in [6.07, 6.45) is 0.199. The summed E-state index contributed by atoms with van der Waals surface area (Å²) in [4.78, 5) is 36.0. The summed E-state index contributed by atoms with van der Waals surface area (Å²) >= 11 is 0. The lowest BCUT2D eigenvalue weighted by Gasteiger charge is -2.09. The average molecular weight is 309 g/mol. The zero-order valence-electron chi connectivity index (χ0n) is 12.5. The number of H-pyrrole nitrogens is 2. The van der Waals surface area contributed by atoms with Crippen LogP contribution in [0.1, 0.15) is 11.1 Å². The highest BCUT2D eigenvalue weighted by Gasteiger charge is 2.11. The molecule has 3 aromatic rings. The number of carbonyl (C=O) groups is 1. The second-order valence-corrected chi connectivity index (χ2v) is 5.29. The fourth-order valence-corrected chi connectivity index (χ4v) is 2.51. The van der Waals surface area contributed by atoms with Crippen LogP contribution in [0.5, 0.6) is 0 Å². The van der Waals surface area contributed by atoms with Crippen molar-refractivity contribution in [3.05, 3.63) is 74.3 Å². The molecule has 0 bridgehead atoms.